The molecule has 7 heteroatoms. The van der Waals surface area contributed by atoms with Crippen molar-refractivity contribution in [2.45, 2.75) is 32.2 Å². The topological polar surface area (TPSA) is 81.7 Å². The van der Waals surface area contributed by atoms with Gasteiger partial charge in [0.2, 0.25) is 0 Å². The van der Waals surface area contributed by atoms with Crippen LogP contribution in [0.15, 0.2) is 91.3 Å². The second-order valence-electron chi connectivity index (χ2n) is 10.1. The third kappa shape index (κ3) is 4.32. The lowest BCUT2D eigenvalue weighted by atomic mass is 10.0. The summed E-state index contributed by atoms with van der Waals surface area (Å²) in [7, 11) is 0. The molecule has 192 valence electrons. The van der Waals surface area contributed by atoms with Gasteiger partial charge in [-0.1, -0.05) is 48.5 Å². The van der Waals surface area contributed by atoms with E-state index in [0.717, 1.165) is 56.0 Å². The highest BCUT2D eigenvalue weighted by Gasteiger charge is 2.30. The zero-order valence-electron chi connectivity index (χ0n) is 21.4. The Hall–Kier alpha value is -4.91. The number of imidazole rings is 2. The van der Waals surface area contributed by atoms with E-state index in [-0.39, 0.29) is 0 Å². The Balaban J connectivity index is 1.27. The molecule has 0 radical (unpaired) electrons. The van der Waals surface area contributed by atoms with Crippen molar-refractivity contribution in [3.05, 3.63) is 108 Å². The van der Waals surface area contributed by atoms with E-state index in [1.165, 1.54) is 12.8 Å². The first-order valence-corrected chi connectivity index (χ1v) is 13.1. The number of carboxylic acid groups (broad SMARTS) is 1. The predicted octanol–water partition coefficient (Wildman–Crippen LogP) is 7.31. The fraction of sp³-hybridized carbons (Fsp3) is 0.156. The second-order valence-corrected chi connectivity index (χ2v) is 10.1. The molecule has 1 fully saturated rings. The van der Waals surface area contributed by atoms with Crippen LogP contribution in [0.4, 0.5) is 4.79 Å². The Bertz CT molecular complexity index is 1830. The number of rotatable bonds is 6. The number of aryl methyl sites for hydroxylation is 1. The number of carbonyl (C=O) groups is 1. The maximum atomic E-state index is 11.1. The van der Waals surface area contributed by atoms with Gasteiger partial charge in [-0.3, -0.25) is 0 Å². The lowest BCUT2D eigenvalue weighted by Crippen LogP contribution is -2.05. The summed E-state index contributed by atoms with van der Waals surface area (Å²) in [6, 6.07) is 25.8. The molecule has 1 saturated carbocycles. The van der Waals surface area contributed by atoms with Crippen molar-refractivity contribution in [1.82, 2.24) is 18.9 Å². The van der Waals surface area contributed by atoms with Crippen molar-refractivity contribution in [2.75, 3.05) is 0 Å². The Morgan fingerprint density at radius 1 is 0.974 bits per heavy atom. The van der Waals surface area contributed by atoms with Crippen LogP contribution in [-0.4, -0.2) is 30.2 Å². The van der Waals surface area contributed by atoms with Crippen LogP contribution in [0.25, 0.3) is 39.1 Å². The molecular formula is C32H26N4O3. The van der Waals surface area contributed by atoms with Crippen LogP contribution in [0.1, 0.15) is 35.7 Å². The van der Waals surface area contributed by atoms with Crippen LogP contribution in [0.3, 0.4) is 0 Å². The van der Waals surface area contributed by atoms with Gasteiger partial charge in [-0.2, -0.15) is 0 Å². The molecule has 0 bridgehead atoms. The molecule has 3 aromatic carbocycles. The van der Waals surface area contributed by atoms with Gasteiger partial charge in [0.1, 0.15) is 17.2 Å². The number of hydrogen-bond acceptors (Lipinski definition) is 4. The third-order valence-electron chi connectivity index (χ3n) is 7.37. The van der Waals surface area contributed by atoms with Crippen LogP contribution < -0.4 is 4.74 Å². The van der Waals surface area contributed by atoms with E-state index >= 15 is 0 Å². The van der Waals surface area contributed by atoms with Gasteiger partial charge in [-0.05, 0) is 66.8 Å². The fourth-order valence-electron chi connectivity index (χ4n) is 5.31. The first-order valence-electron chi connectivity index (χ1n) is 13.1. The summed E-state index contributed by atoms with van der Waals surface area (Å²) in [5, 5.41) is 9.10. The summed E-state index contributed by atoms with van der Waals surface area (Å²) in [6.45, 7) is 2.82. The Kier molecular flexibility index (Phi) is 5.44. The van der Waals surface area contributed by atoms with Crippen molar-refractivity contribution >= 4 is 22.8 Å². The molecule has 0 spiro atoms. The van der Waals surface area contributed by atoms with Gasteiger partial charge in [-0.25, -0.2) is 14.8 Å². The normalized spacial score (nSPS) is 13.3. The van der Waals surface area contributed by atoms with Crippen LogP contribution in [-0.2, 0) is 6.54 Å². The van der Waals surface area contributed by atoms with E-state index in [1.807, 2.05) is 53.1 Å². The highest BCUT2D eigenvalue weighted by Crippen LogP contribution is 2.42. The van der Waals surface area contributed by atoms with E-state index in [4.69, 9.17) is 19.8 Å². The molecule has 0 amide bonds. The van der Waals surface area contributed by atoms with Crippen molar-refractivity contribution in [1.29, 1.82) is 0 Å². The monoisotopic (exact) mass is 514 g/mol. The van der Waals surface area contributed by atoms with E-state index in [1.54, 1.807) is 12.1 Å². The highest BCUT2D eigenvalue weighted by molar-refractivity contribution is 5.85. The molecule has 6 aromatic rings. The quantitative estimate of drug-likeness (QED) is 0.186. The van der Waals surface area contributed by atoms with E-state index in [0.29, 0.717) is 18.2 Å². The van der Waals surface area contributed by atoms with Crippen molar-refractivity contribution < 1.29 is 14.6 Å². The average Bonchev–Trinajstić information content (AvgIpc) is 3.58. The van der Waals surface area contributed by atoms with Crippen molar-refractivity contribution in [3.8, 4) is 28.1 Å². The number of fused-ring (bicyclic) bond motifs is 2. The van der Waals surface area contributed by atoms with Gasteiger partial charge in [-0.15, -0.1) is 0 Å². The van der Waals surface area contributed by atoms with Crippen LogP contribution in [0, 0.1) is 6.92 Å². The number of pyridine rings is 1. The molecule has 1 aliphatic rings. The average molecular weight is 515 g/mol. The molecule has 0 atom stereocenters. The van der Waals surface area contributed by atoms with Crippen LogP contribution in [0.5, 0.6) is 5.75 Å². The van der Waals surface area contributed by atoms with Gasteiger partial charge >= 0.3 is 6.16 Å². The molecule has 1 N–H and O–H groups in total. The number of nitrogens with zero attached hydrogens (tertiary/aromatic N) is 4. The summed E-state index contributed by atoms with van der Waals surface area (Å²) in [5.41, 5.74) is 9.04. The minimum atomic E-state index is -1.32. The smallest absolute Gasteiger partial charge is 0.449 e. The molecule has 0 aliphatic heterocycles. The van der Waals surface area contributed by atoms with Gasteiger partial charge in [0.05, 0.1) is 16.7 Å². The summed E-state index contributed by atoms with van der Waals surface area (Å²) in [4.78, 5) is 21.1. The number of hydrogen-bond donors (Lipinski definition) is 1. The summed E-state index contributed by atoms with van der Waals surface area (Å²) >= 11 is 0. The Labute approximate surface area is 225 Å². The molecule has 3 aromatic heterocycles. The second kappa shape index (κ2) is 9.13. The van der Waals surface area contributed by atoms with E-state index in [2.05, 4.69) is 42.0 Å². The molecule has 0 unspecified atom stereocenters. The van der Waals surface area contributed by atoms with Gasteiger partial charge < -0.3 is 18.8 Å². The highest BCUT2D eigenvalue weighted by atomic mass is 16.7. The first-order chi connectivity index (χ1) is 19.0. The molecule has 0 saturated heterocycles. The molecule has 7 nitrogen and oxygen atoms in total. The van der Waals surface area contributed by atoms with E-state index < -0.39 is 6.16 Å². The standard InChI is InChI=1S/C32H26N4O3/c1-20-16-24(26-19-35-15-5-4-8-29(35)33-26)17-27-30(20)34-31(23-13-14-23)36(27)18-21-9-11-22(12-10-21)25-6-2-3-7-28(25)39-32(37)38/h2-12,15-17,19,23H,13-14,18H2,1H3,(H,37,38). The maximum absolute atomic E-state index is 11.1. The Morgan fingerprint density at radius 3 is 2.54 bits per heavy atom. The summed E-state index contributed by atoms with van der Waals surface area (Å²) in [5.74, 6) is 1.96. The zero-order chi connectivity index (χ0) is 26.5. The summed E-state index contributed by atoms with van der Waals surface area (Å²) in [6.07, 6.45) is 5.10. The lowest BCUT2D eigenvalue weighted by Gasteiger charge is -2.12. The van der Waals surface area contributed by atoms with Gasteiger partial charge in [0, 0.05) is 36.0 Å². The number of ether oxygens (including phenoxy) is 1. The molecule has 3 heterocycles. The van der Waals surface area contributed by atoms with Crippen LogP contribution >= 0.6 is 0 Å². The fourth-order valence-corrected chi connectivity index (χ4v) is 5.31. The first kappa shape index (κ1) is 23.2. The SMILES string of the molecule is Cc1cc(-c2cn3ccccc3n2)cc2c1nc(C1CC1)n2Cc1ccc(-c2ccccc2OC(=O)O)cc1. The van der Waals surface area contributed by atoms with E-state index in [9.17, 15) is 4.79 Å². The lowest BCUT2D eigenvalue weighted by molar-refractivity contribution is 0.144. The maximum Gasteiger partial charge on any atom is 0.511 e. The van der Waals surface area contributed by atoms with Crippen molar-refractivity contribution in [2.24, 2.45) is 0 Å². The van der Waals surface area contributed by atoms with Gasteiger partial charge in [0.15, 0.2) is 0 Å². The third-order valence-corrected chi connectivity index (χ3v) is 7.37. The minimum absolute atomic E-state index is 0.323. The van der Waals surface area contributed by atoms with Gasteiger partial charge in [0.25, 0.3) is 0 Å². The number of para-hydroxylation sites is 1. The summed E-state index contributed by atoms with van der Waals surface area (Å²) < 4.78 is 9.39. The molecule has 7 rings (SSSR count). The number of benzene rings is 3. The molecule has 39 heavy (non-hydrogen) atoms. The number of aromatic nitrogens is 4. The van der Waals surface area contributed by atoms with Crippen LogP contribution in [0.2, 0.25) is 0 Å². The zero-order valence-corrected chi connectivity index (χ0v) is 21.4. The predicted molar refractivity (Wildman–Crippen MR) is 150 cm³/mol. The van der Waals surface area contributed by atoms with Crippen molar-refractivity contribution in [3.63, 3.8) is 0 Å². The molecule has 1 aliphatic carbocycles. The Morgan fingerprint density at radius 2 is 1.77 bits per heavy atom. The minimum Gasteiger partial charge on any atom is -0.449 e. The largest absolute Gasteiger partial charge is 0.511 e. The molecular weight excluding hydrogens is 488 g/mol.